The summed E-state index contributed by atoms with van der Waals surface area (Å²) in [5, 5.41) is 3.17. The molecule has 4 nitrogen and oxygen atoms in total. The fourth-order valence-electron chi connectivity index (χ4n) is 2.04. The highest BCUT2D eigenvalue weighted by atomic mass is 32.2. The summed E-state index contributed by atoms with van der Waals surface area (Å²) in [6, 6.07) is 4.71. The predicted molar refractivity (Wildman–Crippen MR) is 77.0 cm³/mol. The second-order valence-electron chi connectivity index (χ2n) is 4.54. The Labute approximate surface area is 125 Å². The van der Waals surface area contributed by atoms with Gasteiger partial charge in [0.2, 0.25) is 10.0 Å². The van der Waals surface area contributed by atoms with Crippen LogP contribution in [0.4, 0.5) is 18.9 Å². The number of aryl methyl sites for hydroxylation is 1. The van der Waals surface area contributed by atoms with E-state index in [1.807, 2.05) is 0 Å². The van der Waals surface area contributed by atoms with Gasteiger partial charge in [0, 0.05) is 24.5 Å². The van der Waals surface area contributed by atoms with Gasteiger partial charge < -0.3 is 5.32 Å². The molecule has 0 aliphatic carbocycles. The average molecular weight is 340 g/mol. The molecule has 0 fully saturated rings. The van der Waals surface area contributed by atoms with Crippen LogP contribution in [0.25, 0.3) is 0 Å². The number of thioether (sulfide) groups is 1. The van der Waals surface area contributed by atoms with Crippen LogP contribution in [0, 0.1) is 0 Å². The van der Waals surface area contributed by atoms with E-state index in [1.54, 1.807) is 12.1 Å². The summed E-state index contributed by atoms with van der Waals surface area (Å²) in [5.41, 5.74) is -2.52. The zero-order chi connectivity index (χ0) is 15.5. The summed E-state index contributed by atoms with van der Waals surface area (Å²) in [5.74, 6) is -0.352. The second-order valence-corrected chi connectivity index (χ2v) is 7.47. The third-order valence-electron chi connectivity index (χ3n) is 2.99. The summed E-state index contributed by atoms with van der Waals surface area (Å²) < 4.78 is 62.1. The molecule has 1 heterocycles. The first-order valence-electron chi connectivity index (χ1n) is 6.35. The van der Waals surface area contributed by atoms with Gasteiger partial charge in [0.05, 0.1) is 4.90 Å². The molecule has 0 saturated heterocycles. The fraction of sp³-hybridized carbons (Fsp3) is 0.500. The monoisotopic (exact) mass is 340 g/mol. The second kappa shape index (κ2) is 6.45. The van der Waals surface area contributed by atoms with Gasteiger partial charge in [-0.3, -0.25) is 0 Å². The molecule has 2 rings (SSSR count). The van der Waals surface area contributed by atoms with Crippen molar-refractivity contribution in [2.45, 2.75) is 23.2 Å². The standard InChI is InChI=1S/C12H15F3N2O2S2/c13-12(14,15)20-7-6-17-21(18,19)10-3-4-11-9(8-10)2-1-5-16-11/h3-4,8,16-17H,1-2,5-7H2. The van der Waals surface area contributed by atoms with Crippen LogP contribution in [-0.4, -0.2) is 32.8 Å². The largest absolute Gasteiger partial charge is 0.441 e. The van der Waals surface area contributed by atoms with E-state index < -0.39 is 15.5 Å². The Morgan fingerprint density at radius 1 is 1.33 bits per heavy atom. The number of benzene rings is 1. The molecule has 0 spiro atoms. The van der Waals surface area contributed by atoms with Crippen molar-refractivity contribution < 1.29 is 21.6 Å². The van der Waals surface area contributed by atoms with E-state index in [0.717, 1.165) is 30.6 Å². The lowest BCUT2D eigenvalue weighted by molar-refractivity contribution is -0.0327. The highest BCUT2D eigenvalue weighted by Crippen LogP contribution is 2.29. The number of fused-ring (bicyclic) bond motifs is 1. The van der Waals surface area contributed by atoms with Crippen molar-refractivity contribution in [3.05, 3.63) is 23.8 Å². The number of anilines is 1. The first-order valence-corrected chi connectivity index (χ1v) is 8.82. The molecule has 0 aromatic heterocycles. The van der Waals surface area contributed by atoms with Crippen molar-refractivity contribution in [3.63, 3.8) is 0 Å². The van der Waals surface area contributed by atoms with Gasteiger partial charge >= 0.3 is 5.51 Å². The highest BCUT2D eigenvalue weighted by molar-refractivity contribution is 8.00. The molecule has 21 heavy (non-hydrogen) atoms. The zero-order valence-electron chi connectivity index (χ0n) is 11.0. The van der Waals surface area contributed by atoms with Crippen molar-refractivity contribution in [2.24, 2.45) is 0 Å². The van der Waals surface area contributed by atoms with Gasteiger partial charge in [-0.25, -0.2) is 13.1 Å². The minimum Gasteiger partial charge on any atom is -0.385 e. The van der Waals surface area contributed by atoms with E-state index in [0.29, 0.717) is 0 Å². The maximum absolute atomic E-state index is 12.0. The van der Waals surface area contributed by atoms with Gasteiger partial charge in [0.15, 0.2) is 0 Å². The van der Waals surface area contributed by atoms with Crippen LogP contribution in [0.3, 0.4) is 0 Å². The van der Waals surface area contributed by atoms with E-state index in [2.05, 4.69) is 10.0 Å². The Bertz CT molecular complexity index is 603. The topological polar surface area (TPSA) is 58.2 Å². The van der Waals surface area contributed by atoms with Crippen molar-refractivity contribution in [1.82, 2.24) is 4.72 Å². The van der Waals surface area contributed by atoms with Crippen molar-refractivity contribution >= 4 is 27.5 Å². The van der Waals surface area contributed by atoms with Gasteiger partial charge in [0.25, 0.3) is 0 Å². The third kappa shape index (κ3) is 4.79. The Morgan fingerprint density at radius 2 is 2.10 bits per heavy atom. The lowest BCUT2D eigenvalue weighted by atomic mass is 10.0. The molecule has 118 valence electrons. The van der Waals surface area contributed by atoms with E-state index in [4.69, 9.17) is 0 Å². The maximum Gasteiger partial charge on any atom is 0.441 e. The molecular weight excluding hydrogens is 325 g/mol. The number of alkyl halides is 3. The Kier molecular flexibility index (Phi) is 5.05. The summed E-state index contributed by atoms with van der Waals surface area (Å²) in [7, 11) is -3.77. The SMILES string of the molecule is O=S(=O)(NCCSC(F)(F)F)c1ccc2c(c1)CCCN2. The van der Waals surface area contributed by atoms with E-state index >= 15 is 0 Å². The first kappa shape index (κ1) is 16.4. The predicted octanol–water partition coefficient (Wildman–Crippen LogP) is 2.58. The Balaban J connectivity index is 1.99. The lowest BCUT2D eigenvalue weighted by Crippen LogP contribution is -2.27. The molecule has 0 radical (unpaired) electrons. The quantitative estimate of drug-likeness (QED) is 0.809. The van der Waals surface area contributed by atoms with Crippen LogP contribution in [-0.2, 0) is 16.4 Å². The molecule has 1 aromatic rings. The van der Waals surface area contributed by atoms with Crippen LogP contribution in [0.2, 0.25) is 0 Å². The number of nitrogens with one attached hydrogen (secondary N) is 2. The van der Waals surface area contributed by atoms with Crippen molar-refractivity contribution in [2.75, 3.05) is 24.2 Å². The van der Waals surface area contributed by atoms with Gasteiger partial charge in [0.1, 0.15) is 0 Å². The van der Waals surface area contributed by atoms with E-state index in [9.17, 15) is 21.6 Å². The summed E-state index contributed by atoms with van der Waals surface area (Å²) in [6.45, 7) is 0.591. The number of sulfonamides is 1. The fourth-order valence-corrected chi connectivity index (χ4v) is 3.69. The normalized spacial score (nSPS) is 15.4. The molecule has 1 aliphatic rings. The van der Waals surface area contributed by atoms with Gasteiger partial charge in [-0.15, -0.1) is 0 Å². The van der Waals surface area contributed by atoms with Crippen LogP contribution in [0.15, 0.2) is 23.1 Å². The van der Waals surface area contributed by atoms with Crippen LogP contribution < -0.4 is 10.0 Å². The summed E-state index contributed by atoms with van der Waals surface area (Å²) in [4.78, 5) is 0.0851. The van der Waals surface area contributed by atoms with Crippen LogP contribution in [0.1, 0.15) is 12.0 Å². The summed E-state index contributed by atoms with van der Waals surface area (Å²) >= 11 is -0.245. The minimum atomic E-state index is -4.34. The van der Waals surface area contributed by atoms with Crippen LogP contribution in [0.5, 0.6) is 0 Å². The van der Waals surface area contributed by atoms with E-state index in [1.165, 1.54) is 6.07 Å². The molecule has 0 amide bonds. The molecule has 1 aliphatic heterocycles. The van der Waals surface area contributed by atoms with Gasteiger partial charge in [-0.2, -0.15) is 13.2 Å². The summed E-state index contributed by atoms with van der Waals surface area (Å²) in [6.07, 6.45) is 1.71. The number of hydrogen-bond donors (Lipinski definition) is 2. The van der Waals surface area contributed by atoms with E-state index in [-0.39, 0.29) is 29.0 Å². The molecule has 0 atom stereocenters. The Morgan fingerprint density at radius 3 is 2.81 bits per heavy atom. The van der Waals surface area contributed by atoms with Crippen molar-refractivity contribution in [3.8, 4) is 0 Å². The third-order valence-corrected chi connectivity index (χ3v) is 5.18. The number of halogens is 3. The van der Waals surface area contributed by atoms with Crippen molar-refractivity contribution in [1.29, 1.82) is 0 Å². The molecule has 1 aromatic carbocycles. The maximum atomic E-state index is 12.0. The number of hydrogen-bond acceptors (Lipinski definition) is 4. The highest BCUT2D eigenvalue weighted by Gasteiger charge is 2.27. The molecule has 2 N–H and O–H groups in total. The lowest BCUT2D eigenvalue weighted by Gasteiger charge is -2.18. The number of rotatable bonds is 5. The smallest absolute Gasteiger partial charge is 0.385 e. The van der Waals surface area contributed by atoms with Gasteiger partial charge in [-0.05, 0) is 48.4 Å². The molecule has 0 bridgehead atoms. The van der Waals surface area contributed by atoms with Gasteiger partial charge in [-0.1, -0.05) is 0 Å². The Hall–Kier alpha value is -0.930. The minimum absolute atomic E-state index is 0.0851. The molecular formula is C12H15F3N2O2S2. The molecule has 0 saturated carbocycles. The molecule has 9 heteroatoms. The first-order chi connectivity index (χ1) is 9.78. The molecule has 0 unspecified atom stereocenters. The average Bonchev–Trinajstić information content (AvgIpc) is 2.42. The van der Waals surface area contributed by atoms with Crippen LogP contribution >= 0.6 is 11.8 Å². The zero-order valence-corrected chi connectivity index (χ0v) is 12.7.